The minimum atomic E-state index is -0.115. The first-order valence-corrected chi connectivity index (χ1v) is 8.55. The van der Waals surface area contributed by atoms with Crippen LogP contribution in [-0.4, -0.2) is 30.2 Å². The molecule has 0 saturated heterocycles. The van der Waals surface area contributed by atoms with Gasteiger partial charge in [-0.25, -0.2) is 14.6 Å². The number of aromatic nitrogens is 5. The van der Waals surface area contributed by atoms with Crippen molar-refractivity contribution >= 4 is 5.91 Å². The van der Waals surface area contributed by atoms with E-state index in [0.29, 0.717) is 5.56 Å². The van der Waals surface area contributed by atoms with Gasteiger partial charge in [0.05, 0.1) is 18.1 Å². The Morgan fingerprint density at radius 2 is 1.70 bits per heavy atom. The van der Waals surface area contributed by atoms with E-state index in [1.807, 2.05) is 66.2 Å². The number of carbonyl (C=O) groups excluding carboxylic acids is 1. The first-order valence-electron chi connectivity index (χ1n) is 8.55. The fourth-order valence-corrected chi connectivity index (χ4v) is 2.82. The number of nitrogens with one attached hydrogen (secondary N) is 1. The van der Waals surface area contributed by atoms with Crippen molar-refractivity contribution in [2.75, 3.05) is 0 Å². The van der Waals surface area contributed by atoms with Crippen LogP contribution in [-0.2, 0) is 0 Å². The average molecular weight is 358 g/mol. The number of benzene rings is 2. The lowest BCUT2D eigenvalue weighted by Crippen LogP contribution is -2.26. The maximum Gasteiger partial charge on any atom is 0.251 e. The van der Waals surface area contributed by atoms with Gasteiger partial charge in [0, 0.05) is 23.6 Å². The van der Waals surface area contributed by atoms with Crippen molar-refractivity contribution in [3.8, 4) is 11.4 Å². The van der Waals surface area contributed by atoms with Gasteiger partial charge in [-0.1, -0.05) is 12.1 Å². The zero-order valence-corrected chi connectivity index (χ0v) is 14.7. The standard InChI is InChI=1S/C20H18N6O/c1-15(16-2-8-19(9-3-16)26-14-22-12-23-26)24-20(27)17-4-6-18(7-5-17)25-11-10-21-13-25/h2-15H,1H3,(H,24,27). The maximum absolute atomic E-state index is 12.5. The van der Waals surface area contributed by atoms with Gasteiger partial charge in [-0.05, 0) is 48.9 Å². The van der Waals surface area contributed by atoms with Crippen LogP contribution in [0.3, 0.4) is 0 Å². The topological polar surface area (TPSA) is 77.6 Å². The fourth-order valence-electron chi connectivity index (χ4n) is 2.82. The highest BCUT2D eigenvalue weighted by Crippen LogP contribution is 2.16. The van der Waals surface area contributed by atoms with Gasteiger partial charge >= 0.3 is 0 Å². The van der Waals surface area contributed by atoms with Gasteiger partial charge in [-0.2, -0.15) is 5.10 Å². The normalized spacial score (nSPS) is 11.9. The predicted molar refractivity (Wildman–Crippen MR) is 101 cm³/mol. The molecule has 0 bridgehead atoms. The molecule has 1 N–H and O–H groups in total. The number of hydrogen-bond acceptors (Lipinski definition) is 4. The van der Waals surface area contributed by atoms with Gasteiger partial charge in [-0.3, -0.25) is 4.79 Å². The van der Waals surface area contributed by atoms with Crippen molar-refractivity contribution in [3.63, 3.8) is 0 Å². The highest BCUT2D eigenvalue weighted by molar-refractivity contribution is 5.94. The van der Waals surface area contributed by atoms with E-state index in [-0.39, 0.29) is 11.9 Å². The third-order valence-electron chi connectivity index (χ3n) is 4.36. The maximum atomic E-state index is 12.5. The lowest BCUT2D eigenvalue weighted by Gasteiger charge is -2.15. The second-order valence-electron chi connectivity index (χ2n) is 6.14. The molecular formula is C20H18N6O. The van der Waals surface area contributed by atoms with Gasteiger partial charge in [-0.15, -0.1) is 0 Å². The van der Waals surface area contributed by atoms with Crippen LogP contribution in [0.25, 0.3) is 11.4 Å². The van der Waals surface area contributed by atoms with Crippen LogP contribution in [0.1, 0.15) is 28.9 Å². The molecule has 0 saturated carbocycles. The molecule has 1 unspecified atom stereocenters. The number of rotatable bonds is 5. The molecule has 1 amide bonds. The molecule has 7 heteroatoms. The van der Waals surface area contributed by atoms with E-state index in [1.54, 1.807) is 23.5 Å². The van der Waals surface area contributed by atoms with E-state index in [1.165, 1.54) is 6.33 Å². The number of hydrogen-bond donors (Lipinski definition) is 1. The van der Waals surface area contributed by atoms with E-state index < -0.39 is 0 Å². The Labute approximate surface area is 156 Å². The van der Waals surface area contributed by atoms with E-state index in [2.05, 4.69) is 20.4 Å². The highest BCUT2D eigenvalue weighted by Gasteiger charge is 2.12. The second kappa shape index (κ2) is 7.25. The Bertz CT molecular complexity index is 1010. The molecule has 2 aromatic carbocycles. The van der Waals surface area contributed by atoms with Gasteiger partial charge in [0.15, 0.2) is 0 Å². The van der Waals surface area contributed by atoms with Gasteiger partial charge in [0.2, 0.25) is 0 Å². The zero-order valence-electron chi connectivity index (χ0n) is 14.7. The van der Waals surface area contributed by atoms with Crippen LogP contribution < -0.4 is 5.32 Å². The van der Waals surface area contributed by atoms with Crippen molar-refractivity contribution in [3.05, 3.63) is 91.0 Å². The SMILES string of the molecule is CC(NC(=O)c1ccc(-n2ccnc2)cc1)c1ccc(-n2cncn2)cc1. The molecule has 0 fully saturated rings. The molecule has 2 heterocycles. The molecule has 0 aliphatic rings. The highest BCUT2D eigenvalue weighted by atomic mass is 16.1. The monoisotopic (exact) mass is 358 g/mol. The van der Waals surface area contributed by atoms with Crippen LogP contribution in [0.2, 0.25) is 0 Å². The van der Waals surface area contributed by atoms with E-state index in [4.69, 9.17) is 0 Å². The summed E-state index contributed by atoms with van der Waals surface area (Å²) in [6, 6.07) is 15.2. The Morgan fingerprint density at radius 1 is 0.963 bits per heavy atom. The first kappa shape index (κ1) is 16.7. The summed E-state index contributed by atoms with van der Waals surface area (Å²) in [6.07, 6.45) is 8.44. The smallest absolute Gasteiger partial charge is 0.251 e. The fraction of sp³-hybridized carbons (Fsp3) is 0.100. The Morgan fingerprint density at radius 3 is 2.33 bits per heavy atom. The number of amides is 1. The molecule has 0 radical (unpaired) electrons. The van der Waals surface area contributed by atoms with Crippen LogP contribution in [0.5, 0.6) is 0 Å². The van der Waals surface area contributed by atoms with E-state index >= 15 is 0 Å². The van der Waals surface area contributed by atoms with Crippen LogP contribution in [0, 0.1) is 0 Å². The van der Waals surface area contributed by atoms with Gasteiger partial charge in [0.1, 0.15) is 12.7 Å². The minimum Gasteiger partial charge on any atom is -0.346 e. The van der Waals surface area contributed by atoms with Crippen LogP contribution in [0.15, 0.2) is 79.9 Å². The van der Waals surface area contributed by atoms with Crippen molar-refractivity contribution < 1.29 is 4.79 Å². The van der Waals surface area contributed by atoms with Gasteiger partial charge < -0.3 is 9.88 Å². The van der Waals surface area contributed by atoms with Crippen molar-refractivity contribution in [1.82, 2.24) is 29.6 Å². The molecule has 2 aromatic heterocycles. The number of carbonyl (C=O) groups is 1. The summed E-state index contributed by atoms with van der Waals surface area (Å²) in [5, 5.41) is 7.13. The number of imidazole rings is 1. The summed E-state index contributed by atoms with van der Waals surface area (Å²) in [7, 11) is 0. The Hall–Kier alpha value is -3.74. The summed E-state index contributed by atoms with van der Waals surface area (Å²) in [4.78, 5) is 20.5. The predicted octanol–water partition coefficient (Wildman–Crippen LogP) is 2.94. The largest absolute Gasteiger partial charge is 0.346 e. The molecule has 7 nitrogen and oxygen atoms in total. The van der Waals surface area contributed by atoms with Crippen LogP contribution in [0.4, 0.5) is 0 Å². The Kier molecular flexibility index (Phi) is 4.49. The first-order chi connectivity index (χ1) is 13.2. The molecule has 4 aromatic rings. The zero-order chi connectivity index (χ0) is 18.6. The molecule has 134 valence electrons. The molecule has 0 aliphatic carbocycles. The van der Waals surface area contributed by atoms with E-state index in [9.17, 15) is 4.79 Å². The Balaban J connectivity index is 1.43. The number of nitrogens with zero attached hydrogens (tertiary/aromatic N) is 5. The quantitative estimate of drug-likeness (QED) is 0.595. The third kappa shape index (κ3) is 3.62. The lowest BCUT2D eigenvalue weighted by atomic mass is 10.1. The van der Waals surface area contributed by atoms with Crippen molar-refractivity contribution in [1.29, 1.82) is 0 Å². The summed E-state index contributed by atoms with van der Waals surface area (Å²) >= 11 is 0. The molecule has 4 rings (SSSR count). The van der Waals surface area contributed by atoms with E-state index in [0.717, 1.165) is 16.9 Å². The van der Waals surface area contributed by atoms with Gasteiger partial charge in [0.25, 0.3) is 5.91 Å². The molecule has 1 atom stereocenters. The van der Waals surface area contributed by atoms with Crippen molar-refractivity contribution in [2.45, 2.75) is 13.0 Å². The second-order valence-corrected chi connectivity index (χ2v) is 6.14. The molecule has 0 spiro atoms. The molecular weight excluding hydrogens is 340 g/mol. The summed E-state index contributed by atoms with van der Waals surface area (Å²) in [5.74, 6) is -0.111. The van der Waals surface area contributed by atoms with Crippen molar-refractivity contribution in [2.24, 2.45) is 0 Å². The molecule has 27 heavy (non-hydrogen) atoms. The summed E-state index contributed by atoms with van der Waals surface area (Å²) in [6.45, 7) is 1.96. The molecule has 0 aliphatic heterocycles. The van der Waals surface area contributed by atoms with Crippen LogP contribution >= 0.6 is 0 Å². The summed E-state index contributed by atoms with van der Waals surface area (Å²) < 4.78 is 3.58. The average Bonchev–Trinajstić information content (AvgIpc) is 3.42. The lowest BCUT2D eigenvalue weighted by molar-refractivity contribution is 0.0940. The minimum absolute atomic E-state index is 0.111. The third-order valence-corrected chi connectivity index (χ3v) is 4.36. The summed E-state index contributed by atoms with van der Waals surface area (Å²) in [5.41, 5.74) is 3.51.